The molecule has 1 aromatic carbocycles. The first kappa shape index (κ1) is 18.9. The van der Waals surface area contributed by atoms with E-state index in [1.807, 2.05) is 37.3 Å². The number of aromatic hydroxyl groups is 1. The Labute approximate surface area is 157 Å². The Bertz CT molecular complexity index is 1140. The molecule has 2 aromatic rings. The summed E-state index contributed by atoms with van der Waals surface area (Å²) in [6.07, 6.45) is 1.63. The molecule has 8 heteroatoms. The van der Waals surface area contributed by atoms with Crippen LogP contribution in [0.25, 0.3) is 0 Å². The van der Waals surface area contributed by atoms with Crippen LogP contribution in [0, 0.1) is 25.2 Å². The fraction of sp³-hybridized carbons (Fsp3) is 0.316. The zero-order chi connectivity index (χ0) is 19.8. The summed E-state index contributed by atoms with van der Waals surface area (Å²) in [5.74, 6) is -0.648. The number of benzene rings is 1. The lowest BCUT2D eigenvalue weighted by Crippen LogP contribution is -2.29. The number of sulfone groups is 1. The van der Waals surface area contributed by atoms with Gasteiger partial charge in [0.2, 0.25) is 5.88 Å². The Morgan fingerprint density at radius 3 is 2.63 bits per heavy atom. The number of hydrogen-bond donors (Lipinski definition) is 1. The molecular formula is C19H19N3O4S. The SMILES string of the molecule is Cc1ccccc1N=Cc1c(C)c(C#N)c(=O)n([C@@H]2CCS(=O)(=O)C2)c1O. The summed E-state index contributed by atoms with van der Waals surface area (Å²) in [5.41, 5.74) is 1.37. The minimum absolute atomic E-state index is 0.0497. The quantitative estimate of drug-likeness (QED) is 0.814. The summed E-state index contributed by atoms with van der Waals surface area (Å²) in [6.45, 7) is 3.46. The molecule has 0 aliphatic carbocycles. The third-order valence-corrected chi connectivity index (χ3v) is 6.56. The standard InChI is InChI=1S/C19H19N3O4S/c1-12-5-3-4-6-17(12)21-10-16-13(2)15(9-20)18(23)22(19(16)24)14-7-8-27(25,26)11-14/h3-6,10,14,24H,7-8,11H2,1-2H3/t14-/m1/s1. The van der Waals surface area contributed by atoms with Crippen LogP contribution in [0.4, 0.5) is 5.69 Å². The molecule has 0 saturated carbocycles. The van der Waals surface area contributed by atoms with Crippen LogP contribution in [0.5, 0.6) is 5.88 Å². The van der Waals surface area contributed by atoms with E-state index in [2.05, 4.69) is 4.99 Å². The Balaban J connectivity index is 2.18. The summed E-state index contributed by atoms with van der Waals surface area (Å²) < 4.78 is 24.6. The Morgan fingerprint density at radius 1 is 1.33 bits per heavy atom. The molecule has 0 amide bonds. The van der Waals surface area contributed by atoms with Crippen molar-refractivity contribution in [2.24, 2.45) is 4.99 Å². The van der Waals surface area contributed by atoms with Crippen LogP contribution in [0.1, 0.15) is 34.7 Å². The second kappa shape index (κ2) is 7.00. The summed E-state index contributed by atoms with van der Waals surface area (Å²) in [4.78, 5) is 17.0. The highest BCUT2D eigenvalue weighted by Gasteiger charge is 2.33. The predicted molar refractivity (Wildman–Crippen MR) is 103 cm³/mol. The second-order valence-corrected chi connectivity index (χ2v) is 8.85. The van der Waals surface area contributed by atoms with Gasteiger partial charge in [0.1, 0.15) is 11.6 Å². The highest BCUT2D eigenvalue weighted by molar-refractivity contribution is 7.91. The van der Waals surface area contributed by atoms with Gasteiger partial charge in [0, 0.05) is 6.21 Å². The van der Waals surface area contributed by atoms with Crippen LogP contribution >= 0.6 is 0 Å². The van der Waals surface area contributed by atoms with Crippen molar-refractivity contribution in [3.63, 3.8) is 0 Å². The van der Waals surface area contributed by atoms with Gasteiger partial charge in [-0.2, -0.15) is 5.26 Å². The van der Waals surface area contributed by atoms with E-state index in [4.69, 9.17) is 0 Å². The Kier molecular flexibility index (Phi) is 4.89. The van der Waals surface area contributed by atoms with E-state index < -0.39 is 21.4 Å². The zero-order valence-corrected chi connectivity index (χ0v) is 15.8. The maximum absolute atomic E-state index is 12.7. The third-order valence-electron chi connectivity index (χ3n) is 4.81. The first-order valence-electron chi connectivity index (χ1n) is 8.43. The largest absolute Gasteiger partial charge is 0.494 e. The first-order chi connectivity index (χ1) is 12.7. The van der Waals surface area contributed by atoms with Crippen LogP contribution in [-0.2, 0) is 9.84 Å². The number of rotatable bonds is 3. The van der Waals surface area contributed by atoms with Gasteiger partial charge in [-0.05, 0) is 37.5 Å². The summed E-state index contributed by atoms with van der Waals surface area (Å²) in [7, 11) is -3.27. The maximum Gasteiger partial charge on any atom is 0.271 e. The van der Waals surface area contributed by atoms with Gasteiger partial charge < -0.3 is 5.11 Å². The molecule has 1 fully saturated rings. The molecule has 1 saturated heterocycles. The number of aliphatic imine (C=N–C) groups is 1. The Hall–Kier alpha value is -2.92. The van der Waals surface area contributed by atoms with Gasteiger partial charge in [-0.3, -0.25) is 14.4 Å². The van der Waals surface area contributed by atoms with E-state index in [1.165, 1.54) is 6.21 Å². The average Bonchev–Trinajstić information content (AvgIpc) is 2.96. The first-order valence-corrected chi connectivity index (χ1v) is 10.3. The maximum atomic E-state index is 12.7. The molecule has 2 heterocycles. The van der Waals surface area contributed by atoms with Crippen molar-refractivity contribution in [1.82, 2.24) is 4.57 Å². The zero-order valence-electron chi connectivity index (χ0n) is 15.0. The molecule has 3 rings (SSSR count). The number of hydrogen-bond acceptors (Lipinski definition) is 6. The minimum Gasteiger partial charge on any atom is -0.494 e. The van der Waals surface area contributed by atoms with E-state index >= 15 is 0 Å². The second-order valence-electron chi connectivity index (χ2n) is 6.63. The van der Waals surface area contributed by atoms with Gasteiger partial charge in [0.15, 0.2) is 9.84 Å². The monoisotopic (exact) mass is 385 g/mol. The van der Waals surface area contributed by atoms with Gasteiger partial charge in [-0.15, -0.1) is 0 Å². The topological polar surface area (TPSA) is 113 Å². The average molecular weight is 385 g/mol. The van der Waals surface area contributed by atoms with Crippen LogP contribution in [0.15, 0.2) is 34.1 Å². The van der Waals surface area contributed by atoms with Crippen LogP contribution in [0.2, 0.25) is 0 Å². The molecule has 0 radical (unpaired) electrons. The smallest absolute Gasteiger partial charge is 0.271 e. The molecule has 0 spiro atoms. The highest BCUT2D eigenvalue weighted by Crippen LogP contribution is 2.30. The molecule has 1 atom stereocenters. The van der Waals surface area contributed by atoms with E-state index in [9.17, 15) is 23.6 Å². The number of aromatic nitrogens is 1. The van der Waals surface area contributed by atoms with Crippen LogP contribution in [0.3, 0.4) is 0 Å². The van der Waals surface area contributed by atoms with Crippen molar-refractivity contribution in [1.29, 1.82) is 5.26 Å². The fourth-order valence-corrected chi connectivity index (χ4v) is 4.96. The molecule has 0 bridgehead atoms. The van der Waals surface area contributed by atoms with Crippen LogP contribution in [-0.4, -0.2) is 35.8 Å². The number of para-hydroxylation sites is 1. The van der Waals surface area contributed by atoms with Crippen molar-refractivity contribution in [3.05, 3.63) is 56.9 Å². The molecule has 1 aliphatic heterocycles. The van der Waals surface area contributed by atoms with Gasteiger partial charge in [0.25, 0.3) is 5.56 Å². The van der Waals surface area contributed by atoms with E-state index in [1.54, 1.807) is 6.92 Å². The summed E-state index contributed by atoms with van der Waals surface area (Å²) in [5, 5.41) is 20.1. The van der Waals surface area contributed by atoms with E-state index in [0.29, 0.717) is 11.3 Å². The number of pyridine rings is 1. The van der Waals surface area contributed by atoms with Gasteiger partial charge in [0.05, 0.1) is 28.8 Å². The van der Waals surface area contributed by atoms with E-state index in [-0.39, 0.29) is 34.9 Å². The van der Waals surface area contributed by atoms with Gasteiger partial charge in [-0.25, -0.2) is 8.42 Å². The van der Waals surface area contributed by atoms with Gasteiger partial charge in [-0.1, -0.05) is 18.2 Å². The van der Waals surface area contributed by atoms with Gasteiger partial charge >= 0.3 is 0 Å². The van der Waals surface area contributed by atoms with Crippen molar-refractivity contribution >= 4 is 21.7 Å². The predicted octanol–water partition coefficient (Wildman–Crippen LogP) is 2.15. The molecule has 140 valence electrons. The van der Waals surface area contributed by atoms with Crippen molar-refractivity contribution in [2.75, 3.05) is 11.5 Å². The normalized spacial score (nSPS) is 18.6. The molecule has 7 nitrogen and oxygen atoms in total. The summed E-state index contributed by atoms with van der Waals surface area (Å²) >= 11 is 0. The molecule has 0 unspecified atom stereocenters. The van der Waals surface area contributed by atoms with E-state index in [0.717, 1.165) is 10.1 Å². The van der Waals surface area contributed by atoms with Crippen molar-refractivity contribution < 1.29 is 13.5 Å². The molecular weight excluding hydrogens is 366 g/mol. The molecule has 1 aromatic heterocycles. The Morgan fingerprint density at radius 2 is 2.04 bits per heavy atom. The summed E-state index contributed by atoms with van der Waals surface area (Å²) in [6, 6.07) is 8.59. The van der Waals surface area contributed by atoms with Crippen molar-refractivity contribution in [3.8, 4) is 11.9 Å². The molecule has 1 N–H and O–H groups in total. The number of nitrogens with zero attached hydrogens (tertiary/aromatic N) is 3. The lowest BCUT2D eigenvalue weighted by molar-refractivity contribution is 0.379. The minimum atomic E-state index is -3.27. The lowest BCUT2D eigenvalue weighted by Gasteiger charge is -2.18. The highest BCUT2D eigenvalue weighted by atomic mass is 32.2. The number of nitriles is 1. The molecule has 1 aliphatic rings. The lowest BCUT2D eigenvalue weighted by atomic mass is 10.0. The molecule has 27 heavy (non-hydrogen) atoms. The van der Waals surface area contributed by atoms with Crippen molar-refractivity contribution in [2.45, 2.75) is 26.3 Å². The van der Waals surface area contributed by atoms with Crippen LogP contribution < -0.4 is 5.56 Å². The fourth-order valence-electron chi connectivity index (χ4n) is 3.26. The third kappa shape index (κ3) is 3.51. The number of aryl methyl sites for hydroxylation is 1.